The molecule has 1 aromatic heterocycles. The van der Waals surface area contributed by atoms with Crippen LogP contribution in [0.25, 0.3) is 0 Å². The second-order valence-corrected chi connectivity index (χ2v) is 7.56. The van der Waals surface area contributed by atoms with E-state index >= 15 is 0 Å². The van der Waals surface area contributed by atoms with Crippen LogP contribution in [0.5, 0.6) is 0 Å². The number of carbonyl (C=O) groups excluding carboxylic acids is 1. The van der Waals surface area contributed by atoms with Crippen LogP contribution in [0.2, 0.25) is 0 Å². The van der Waals surface area contributed by atoms with Crippen LogP contribution in [0.15, 0.2) is 29.2 Å². The molecule has 0 N–H and O–H groups in total. The molecular weight excluding hydrogens is 324 g/mol. The van der Waals surface area contributed by atoms with Gasteiger partial charge in [-0.2, -0.15) is 5.10 Å². The van der Waals surface area contributed by atoms with Crippen molar-refractivity contribution in [3.63, 3.8) is 0 Å². The Hall–Kier alpha value is -2.02. The third kappa shape index (κ3) is 3.40. The van der Waals surface area contributed by atoms with Gasteiger partial charge in [0.05, 0.1) is 6.04 Å². The molecule has 2 atom stereocenters. The lowest BCUT2D eigenvalue weighted by molar-refractivity contribution is 0.0671. The molecule has 1 amide bonds. The summed E-state index contributed by atoms with van der Waals surface area (Å²) in [5, 5.41) is 4.47. The Morgan fingerprint density at radius 3 is 2.54 bits per heavy atom. The fraction of sp³-hybridized carbons (Fsp3) is 0.471. The predicted molar refractivity (Wildman–Crippen MR) is 92.4 cm³/mol. The second-order valence-electron chi connectivity index (χ2n) is 6.18. The maximum absolute atomic E-state index is 12.8. The Morgan fingerprint density at radius 2 is 1.96 bits per heavy atom. The Labute approximate surface area is 144 Å². The molecule has 1 aliphatic heterocycles. The quantitative estimate of drug-likeness (QED) is 0.854. The van der Waals surface area contributed by atoms with Gasteiger partial charge in [0, 0.05) is 40.6 Å². The van der Waals surface area contributed by atoms with Gasteiger partial charge >= 0.3 is 0 Å². The minimum absolute atomic E-state index is 0.0163. The molecule has 0 aliphatic carbocycles. The Morgan fingerprint density at radius 1 is 1.25 bits per heavy atom. The third-order valence-electron chi connectivity index (χ3n) is 4.37. The molecule has 0 unspecified atom stereocenters. The largest absolute Gasteiger partial charge is 0.337 e. The molecule has 128 valence electrons. The second kappa shape index (κ2) is 6.84. The zero-order valence-corrected chi connectivity index (χ0v) is 15.0. The minimum Gasteiger partial charge on any atom is -0.337 e. The standard InChI is InChI=1S/C17H22N4O2S/c1-12-18-13(2)21(19-12)15-5-4-10-20(11-15)17(22)14-6-8-16(9-7-14)24(3)23/h6-9,15H,4-5,10-11H2,1-3H3/t15-,24+/m0/s1. The van der Waals surface area contributed by atoms with Crippen molar-refractivity contribution in [2.24, 2.45) is 0 Å². The summed E-state index contributed by atoms with van der Waals surface area (Å²) >= 11 is 0. The molecule has 0 saturated carbocycles. The number of carbonyl (C=O) groups is 1. The van der Waals surface area contributed by atoms with Crippen molar-refractivity contribution in [1.29, 1.82) is 0 Å². The number of aryl methyl sites for hydroxylation is 2. The number of hydrogen-bond donors (Lipinski definition) is 0. The van der Waals surface area contributed by atoms with E-state index in [1.165, 1.54) is 0 Å². The van der Waals surface area contributed by atoms with Crippen molar-refractivity contribution in [1.82, 2.24) is 19.7 Å². The Balaban J connectivity index is 1.75. The fourth-order valence-electron chi connectivity index (χ4n) is 3.19. The average molecular weight is 346 g/mol. The summed E-state index contributed by atoms with van der Waals surface area (Å²) in [6.07, 6.45) is 3.58. The normalized spacial score (nSPS) is 19.3. The first-order valence-corrected chi connectivity index (χ1v) is 9.64. The van der Waals surface area contributed by atoms with E-state index in [1.54, 1.807) is 30.5 Å². The summed E-state index contributed by atoms with van der Waals surface area (Å²) < 4.78 is 13.4. The number of likely N-dealkylation sites (tertiary alicyclic amines) is 1. The lowest BCUT2D eigenvalue weighted by Gasteiger charge is -2.33. The van der Waals surface area contributed by atoms with Gasteiger partial charge < -0.3 is 4.90 Å². The molecule has 6 nitrogen and oxygen atoms in total. The van der Waals surface area contributed by atoms with Crippen molar-refractivity contribution in [3.05, 3.63) is 41.5 Å². The number of aromatic nitrogens is 3. The first-order chi connectivity index (χ1) is 11.5. The molecule has 1 saturated heterocycles. The molecule has 0 bridgehead atoms. The van der Waals surface area contributed by atoms with Crippen LogP contribution in [0.3, 0.4) is 0 Å². The molecule has 1 fully saturated rings. The van der Waals surface area contributed by atoms with Crippen LogP contribution < -0.4 is 0 Å². The zero-order chi connectivity index (χ0) is 17.3. The third-order valence-corrected chi connectivity index (χ3v) is 5.31. The molecule has 1 aromatic carbocycles. The smallest absolute Gasteiger partial charge is 0.253 e. The molecule has 7 heteroatoms. The van der Waals surface area contributed by atoms with Crippen LogP contribution in [-0.2, 0) is 10.8 Å². The van der Waals surface area contributed by atoms with E-state index in [-0.39, 0.29) is 11.9 Å². The summed E-state index contributed by atoms with van der Waals surface area (Å²) in [7, 11) is -1.03. The molecule has 3 rings (SSSR count). The molecule has 0 radical (unpaired) electrons. The van der Waals surface area contributed by atoms with E-state index in [2.05, 4.69) is 10.1 Å². The number of hydrogen-bond acceptors (Lipinski definition) is 4. The minimum atomic E-state index is -1.03. The predicted octanol–water partition coefficient (Wildman–Crippen LogP) is 2.11. The number of amides is 1. The van der Waals surface area contributed by atoms with Gasteiger partial charge in [-0.15, -0.1) is 0 Å². The Kier molecular flexibility index (Phi) is 4.80. The monoisotopic (exact) mass is 346 g/mol. The SMILES string of the molecule is Cc1nc(C)n([C@H]2CCCN(C(=O)c3ccc([S@@](C)=O)cc3)C2)n1. The van der Waals surface area contributed by atoms with Gasteiger partial charge in [0.1, 0.15) is 11.6 Å². The summed E-state index contributed by atoms with van der Waals surface area (Å²) in [5.74, 6) is 1.67. The molecular formula is C17H22N4O2S. The van der Waals surface area contributed by atoms with Gasteiger partial charge in [-0.1, -0.05) is 0 Å². The molecule has 2 heterocycles. The maximum atomic E-state index is 12.8. The van der Waals surface area contributed by atoms with Gasteiger partial charge in [-0.25, -0.2) is 9.67 Å². The Bertz CT molecular complexity index is 769. The first-order valence-electron chi connectivity index (χ1n) is 8.08. The van der Waals surface area contributed by atoms with Crippen LogP contribution in [0.4, 0.5) is 0 Å². The number of benzene rings is 1. The van der Waals surface area contributed by atoms with E-state index in [0.717, 1.165) is 35.9 Å². The van der Waals surface area contributed by atoms with E-state index in [4.69, 9.17) is 0 Å². The highest BCUT2D eigenvalue weighted by molar-refractivity contribution is 7.84. The van der Waals surface area contributed by atoms with Gasteiger partial charge in [-0.05, 0) is 51.0 Å². The summed E-state index contributed by atoms with van der Waals surface area (Å²) in [4.78, 5) is 19.7. The van der Waals surface area contributed by atoms with Crippen molar-refractivity contribution in [2.45, 2.75) is 37.6 Å². The van der Waals surface area contributed by atoms with Crippen LogP contribution in [-0.4, -0.2) is 49.1 Å². The van der Waals surface area contributed by atoms with Gasteiger partial charge in [0.25, 0.3) is 5.91 Å². The molecule has 24 heavy (non-hydrogen) atoms. The average Bonchev–Trinajstić information content (AvgIpc) is 2.93. The summed E-state index contributed by atoms with van der Waals surface area (Å²) in [5.41, 5.74) is 0.636. The number of rotatable bonds is 3. The molecule has 2 aromatic rings. The van der Waals surface area contributed by atoms with Gasteiger partial charge in [0.2, 0.25) is 0 Å². The maximum Gasteiger partial charge on any atom is 0.253 e. The molecule has 0 spiro atoms. The lowest BCUT2D eigenvalue weighted by atomic mass is 10.0. The van der Waals surface area contributed by atoms with Crippen molar-refractivity contribution in [3.8, 4) is 0 Å². The van der Waals surface area contributed by atoms with Crippen molar-refractivity contribution in [2.75, 3.05) is 19.3 Å². The molecule has 1 aliphatic rings. The fourth-order valence-corrected chi connectivity index (χ4v) is 3.71. The van der Waals surface area contributed by atoms with Crippen LogP contribution in [0.1, 0.15) is 40.9 Å². The highest BCUT2D eigenvalue weighted by Gasteiger charge is 2.27. The van der Waals surface area contributed by atoms with Crippen LogP contribution in [0, 0.1) is 13.8 Å². The summed E-state index contributed by atoms with van der Waals surface area (Å²) in [6, 6.07) is 7.21. The van der Waals surface area contributed by atoms with E-state index in [9.17, 15) is 9.00 Å². The zero-order valence-electron chi connectivity index (χ0n) is 14.2. The lowest BCUT2D eigenvalue weighted by Crippen LogP contribution is -2.41. The number of piperidine rings is 1. The first kappa shape index (κ1) is 16.8. The topological polar surface area (TPSA) is 68.1 Å². The van der Waals surface area contributed by atoms with E-state index in [1.807, 2.05) is 23.4 Å². The summed E-state index contributed by atoms with van der Waals surface area (Å²) in [6.45, 7) is 5.23. The van der Waals surface area contributed by atoms with Crippen molar-refractivity contribution < 1.29 is 9.00 Å². The highest BCUT2D eigenvalue weighted by Crippen LogP contribution is 2.23. The highest BCUT2D eigenvalue weighted by atomic mass is 32.2. The van der Waals surface area contributed by atoms with E-state index < -0.39 is 10.8 Å². The van der Waals surface area contributed by atoms with Gasteiger partial charge in [0.15, 0.2) is 0 Å². The number of nitrogens with zero attached hydrogens (tertiary/aromatic N) is 4. The van der Waals surface area contributed by atoms with Crippen LogP contribution >= 0.6 is 0 Å². The van der Waals surface area contributed by atoms with Gasteiger partial charge in [-0.3, -0.25) is 9.00 Å². The van der Waals surface area contributed by atoms with Crippen molar-refractivity contribution >= 4 is 16.7 Å². The van der Waals surface area contributed by atoms with E-state index in [0.29, 0.717) is 12.1 Å².